The second-order valence-corrected chi connectivity index (χ2v) is 3.46. The fourth-order valence-corrected chi connectivity index (χ4v) is 1.66. The highest BCUT2D eigenvalue weighted by Crippen LogP contribution is 2.30. The van der Waals surface area contributed by atoms with Crippen molar-refractivity contribution < 1.29 is 18.0 Å². The predicted molar refractivity (Wildman–Crippen MR) is 45.6 cm³/mol. The molecule has 0 aromatic rings. The van der Waals surface area contributed by atoms with Crippen molar-refractivity contribution >= 4 is 5.91 Å². The highest BCUT2D eigenvalue weighted by atomic mass is 19.4. The third-order valence-electron chi connectivity index (χ3n) is 2.29. The molecule has 14 heavy (non-hydrogen) atoms. The quantitative estimate of drug-likeness (QED) is 0.634. The smallest absolute Gasteiger partial charge is 0.339 e. The molecule has 1 fully saturated rings. The minimum absolute atomic E-state index is 0.199. The average molecular weight is 207 g/mol. The fourth-order valence-electron chi connectivity index (χ4n) is 1.66. The number of halogens is 3. The summed E-state index contributed by atoms with van der Waals surface area (Å²) in [4.78, 5) is 12.5. The van der Waals surface area contributed by atoms with Gasteiger partial charge in [-0.25, -0.2) is 0 Å². The lowest BCUT2D eigenvalue weighted by atomic mass is 10.1. The molecule has 5 heteroatoms. The maximum absolute atomic E-state index is 12.0. The number of carbonyl (C=O) groups excluding carboxylic acids is 1. The van der Waals surface area contributed by atoms with Gasteiger partial charge in [0.25, 0.3) is 0 Å². The summed E-state index contributed by atoms with van der Waals surface area (Å²) in [5, 5.41) is 0. The van der Waals surface area contributed by atoms with Gasteiger partial charge in [0.05, 0.1) is 0 Å². The zero-order valence-electron chi connectivity index (χ0n) is 7.68. The number of hydrogen-bond acceptors (Lipinski definition) is 1. The van der Waals surface area contributed by atoms with Gasteiger partial charge in [-0.1, -0.05) is 6.58 Å². The molecule has 1 unspecified atom stereocenters. The van der Waals surface area contributed by atoms with Crippen LogP contribution in [-0.2, 0) is 4.79 Å². The topological polar surface area (TPSA) is 20.3 Å². The number of amides is 1. The van der Waals surface area contributed by atoms with E-state index in [1.54, 1.807) is 0 Å². The van der Waals surface area contributed by atoms with Gasteiger partial charge < -0.3 is 4.90 Å². The standard InChI is InChI=1S/C9H12F3NO/c1-2-8(14)13-4-3-7(6-13)5-9(10,11)12/h2,7H,1,3-6H2. The molecule has 1 amide bonds. The van der Waals surface area contributed by atoms with Gasteiger partial charge in [-0.2, -0.15) is 13.2 Å². The SMILES string of the molecule is C=CC(=O)N1CCC(CC(F)(F)F)C1. The number of nitrogens with zero attached hydrogens (tertiary/aromatic N) is 1. The summed E-state index contributed by atoms with van der Waals surface area (Å²) in [7, 11) is 0. The van der Waals surface area contributed by atoms with Crippen molar-refractivity contribution in [3.8, 4) is 0 Å². The second-order valence-electron chi connectivity index (χ2n) is 3.46. The third-order valence-corrected chi connectivity index (χ3v) is 2.29. The van der Waals surface area contributed by atoms with Crippen LogP contribution in [0, 0.1) is 5.92 Å². The lowest BCUT2D eigenvalue weighted by Gasteiger charge is -2.15. The van der Waals surface area contributed by atoms with Crippen LogP contribution >= 0.6 is 0 Å². The molecule has 0 spiro atoms. The van der Waals surface area contributed by atoms with E-state index in [4.69, 9.17) is 0 Å². The zero-order chi connectivity index (χ0) is 10.8. The van der Waals surface area contributed by atoms with Crippen molar-refractivity contribution in [3.63, 3.8) is 0 Å². The Morgan fingerprint density at radius 1 is 1.57 bits per heavy atom. The van der Waals surface area contributed by atoms with Gasteiger partial charge in [0.2, 0.25) is 5.91 Å². The van der Waals surface area contributed by atoms with E-state index in [0.29, 0.717) is 13.0 Å². The van der Waals surface area contributed by atoms with Gasteiger partial charge in [-0.3, -0.25) is 4.79 Å². The van der Waals surface area contributed by atoms with Crippen molar-refractivity contribution in [2.45, 2.75) is 19.0 Å². The molecule has 1 rings (SSSR count). The van der Waals surface area contributed by atoms with Crippen LogP contribution in [0.5, 0.6) is 0 Å². The van der Waals surface area contributed by atoms with Crippen LogP contribution in [0.25, 0.3) is 0 Å². The second kappa shape index (κ2) is 4.02. The van der Waals surface area contributed by atoms with Crippen LogP contribution < -0.4 is 0 Å². The minimum Gasteiger partial charge on any atom is -0.339 e. The van der Waals surface area contributed by atoms with E-state index < -0.39 is 18.5 Å². The summed E-state index contributed by atoms with van der Waals surface area (Å²) in [5.41, 5.74) is 0. The molecular formula is C9H12F3NO. The van der Waals surface area contributed by atoms with Crippen LogP contribution in [-0.4, -0.2) is 30.1 Å². The molecule has 0 saturated carbocycles. The molecule has 2 nitrogen and oxygen atoms in total. The molecule has 0 aromatic heterocycles. The summed E-state index contributed by atoms with van der Waals surface area (Å²) in [6, 6.07) is 0. The van der Waals surface area contributed by atoms with E-state index in [2.05, 4.69) is 6.58 Å². The number of alkyl halides is 3. The first-order valence-electron chi connectivity index (χ1n) is 4.40. The number of hydrogen-bond donors (Lipinski definition) is 0. The van der Waals surface area contributed by atoms with Crippen LogP contribution in [0.15, 0.2) is 12.7 Å². The highest BCUT2D eigenvalue weighted by molar-refractivity contribution is 5.87. The first-order valence-corrected chi connectivity index (χ1v) is 4.40. The van der Waals surface area contributed by atoms with E-state index in [1.807, 2.05) is 0 Å². The summed E-state index contributed by atoms with van der Waals surface area (Å²) in [6.45, 7) is 3.90. The van der Waals surface area contributed by atoms with E-state index in [-0.39, 0.29) is 12.5 Å². The van der Waals surface area contributed by atoms with Gasteiger partial charge in [0.15, 0.2) is 0 Å². The molecule has 80 valence electrons. The summed E-state index contributed by atoms with van der Waals surface area (Å²) in [6.07, 6.45) is -3.36. The molecule has 1 atom stereocenters. The highest BCUT2D eigenvalue weighted by Gasteiger charge is 2.35. The molecular weight excluding hydrogens is 195 g/mol. The van der Waals surface area contributed by atoms with Crippen molar-refractivity contribution in [2.75, 3.05) is 13.1 Å². The Kier molecular flexibility index (Phi) is 3.18. The number of likely N-dealkylation sites (tertiary alicyclic amines) is 1. The van der Waals surface area contributed by atoms with Crippen molar-refractivity contribution in [1.29, 1.82) is 0 Å². The molecule has 1 aliphatic rings. The number of carbonyl (C=O) groups is 1. The normalized spacial score (nSPS) is 22.5. The monoisotopic (exact) mass is 207 g/mol. The van der Waals surface area contributed by atoms with Crippen LogP contribution in [0.2, 0.25) is 0 Å². The van der Waals surface area contributed by atoms with Crippen molar-refractivity contribution in [1.82, 2.24) is 4.90 Å². The molecule has 0 aliphatic carbocycles. The molecule has 0 radical (unpaired) electrons. The van der Waals surface area contributed by atoms with E-state index in [1.165, 1.54) is 4.90 Å². The Morgan fingerprint density at radius 3 is 2.71 bits per heavy atom. The fraction of sp³-hybridized carbons (Fsp3) is 0.667. The molecule has 0 aromatic carbocycles. The largest absolute Gasteiger partial charge is 0.389 e. The van der Waals surface area contributed by atoms with E-state index in [0.717, 1.165) is 6.08 Å². The summed E-state index contributed by atoms with van der Waals surface area (Å²) < 4.78 is 36.0. The Balaban J connectivity index is 2.42. The van der Waals surface area contributed by atoms with Crippen molar-refractivity contribution in [2.24, 2.45) is 5.92 Å². The van der Waals surface area contributed by atoms with Gasteiger partial charge in [0, 0.05) is 19.5 Å². The van der Waals surface area contributed by atoms with Crippen molar-refractivity contribution in [3.05, 3.63) is 12.7 Å². The Morgan fingerprint density at radius 2 is 2.21 bits per heavy atom. The third kappa shape index (κ3) is 3.05. The van der Waals surface area contributed by atoms with Crippen LogP contribution in [0.1, 0.15) is 12.8 Å². The Labute approximate surface area is 80.4 Å². The lowest BCUT2D eigenvalue weighted by molar-refractivity contribution is -0.144. The zero-order valence-corrected chi connectivity index (χ0v) is 7.68. The van der Waals surface area contributed by atoms with E-state index >= 15 is 0 Å². The molecule has 1 heterocycles. The maximum Gasteiger partial charge on any atom is 0.389 e. The maximum atomic E-state index is 12.0. The number of rotatable bonds is 2. The Bertz CT molecular complexity index is 237. The molecule has 0 N–H and O–H groups in total. The van der Waals surface area contributed by atoms with Crippen LogP contribution in [0.3, 0.4) is 0 Å². The summed E-state index contributed by atoms with van der Waals surface area (Å²) >= 11 is 0. The molecule has 1 saturated heterocycles. The van der Waals surface area contributed by atoms with E-state index in [9.17, 15) is 18.0 Å². The van der Waals surface area contributed by atoms with Gasteiger partial charge in [0.1, 0.15) is 0 Å². The lowest BCUT2D eigenvalue weighted by Crippen LogP contribution is -2.27. The predicted octanol–water partition coefficient (Wildman–Crippen LogP) is 1.97. The average Bonchev–Trinajstić information content (AvgIpc) is 2.48. The Hall–Kier alpha value is -1.00. The first kappa shape index (κ1) is 11.1. The van der Waals surface area contributed by atoms with Gasteiger partial charge in [-0.05, 0) is 18.4 Å². The van der Waals surface area contributed by atoms with Crippen LogP contribution in [0.4, 0.5) is 13.2 Å². The first-order chi connectivity index (χ1) is 6.42. The van der Waals surface area contributed by atoms with Gasteiger partial charge >= 0.3 is 6.18 Å². The van der Waals surface area contributed by atoms with Gasteiger partial charge in [-0.15, -0.1) is 0 Å². The summed E-state index contributed by atoms with van der Waals surface area (Å²) in [5.74, 6) is -0.728. The molecule has 0 bridgehead atoms. The molecule has 1 aliphatic heterocycles. The minimum atomic E-state index is -4.13.